The average Bonchev–Trinajstić information content (AvgIpc) is 3.97. The third-order valence-corrected chi connectivity index (χ3v) is 13.3. The van der Waals surface area contributed by atoms with E-state index in [2.05, 4.69) is 26.6 Å². The van der Waals surface area contributed by atoms with E-state index < -0.39 is 34.5 Å². The third kappa shape index (κ3) is 6.07. The normalized spacial score (nSPS) is 29.8. The van der Waals surface area contributed by atoms with E-state index in [9.17, 15) is 18.8 Å². The SMILES string of the molecule is C.C.CC(=O)N1CC[C@@H]2N[C@@]3(C(=O)Nc4cc(Cl)ccc43)[C@@H](c3cccc(Cl)c3F)[C@@H]21.O=C1Nc2cc(Cl)ccc2[C@]12N[C@H]1CCN[C@H]1[C@@H]2c1cccc(Cl)c1F. The summed E-state index contributed by atoms with van der Waals surface area (Å²) in [6.07, 6.45) is 1.56. The summed E-state index contributed by atoms with van der Waals surface area (Å²) in [6.45, 7) is 2.88. The molecule has 2 spiro atoms. The highest BCUT2D eigenvalue weighted by Crippen LogP contribution is 2.56. The van der Waals surface area contributed by atoms with Crippen LogP contribution in [0.3, 0.4) is 0 Å². The highest BCUT2D eigenvalue weighted by atomic mass is 35.5. The lowest BCUT2D eigenvalue weighted by Crippen LogP contribution is -2.50. The predicted molar refractivity (Wildman–Crippen MR) is 221 cm³/mol. The van der Waals surface area contributed by atoms with Crippen LogP contribution < -0.4 is 26.6 Å². The number of rotatable bonds is 2. The van der Waals surface area contributed by atoms with E-state index in [1.54, 1.807) is 59.5 Å². The van der Waals surface area contributed by atoms with Crippen molar-refractivity contribution in [2.75, 3.05) is 23.7 Å². The lowest BCUT2D eigenvalue weighted by molar-refractivity contribution is -0.131. The van der Waals surface area contributed by atoms with Gasteiger partial charge in [0.05, 0.1) is 16.1 Å². The first-order valence-electron chi connectivity index (χ1n) is 18.0. The maximum absolute atomic E-state index is 15.2. The summed E-state index contributed by atoms with van der Waals surface area (Å²) < 4.78 is 30.2. The molecule has 0 saturated carbocycles. The lowest BCUT2D eigenvalue weighted by atomic mass is 9.74. The molecule has 0 bridgehead atoms. The Labute approximate surface area is 350 Å². The van der Waals surface area contributed by atoms with Crippen molar-refractivity contribution in [3.63, 3.8) is 0 Å². The predicted octanol–water partition coefficient (Wildman–Crippen LogP) is 8.33. The highest BCUT2D eigenvalue weighted by Gasteiger charge is 2.66. The zero-order valence-electron chi connectivity index (χ0n) is 29.2. The topological polar surface area (TPSA) is 115 Å². The number of carbonyl (C=O) groups is 3. The van der Waals surface area contributed by atoms with Crippen LogP contribution in [0.5, 0.6) is 0 Å². The molecule has 6 heterocycles. The van der Waals surface area contributed by atoms with Crippen LogP contribution in [0.25, 0.3) is 0 Å². The zero-order chi connectivity index (χ0) is 38.6. The van der Waals surface area contributed by atoms with Crippen LogP contribution >= 0.6 is 46.4 Å². The zero-order valence-corrected chi connectivity index (χ0v) is 32.2. The van der Waals surface area contributed by atoms with E-state index >= 15 is 4.39 Å². The molecule has 10 rings (SSSR count). The molecule has 4 saturated heterocycles. The van der Waals surface area contributed by atoms with Crippen LogP contribution in [-0.4, -0.2) is 59.9 Å². The van der Waals surface area contributed by atoms with Crippen molar-refractivity contribution in [3.05, 3.63) is 127 Å². The van der Waals surface area contributed by atoms with Crippen LogP contribution in [0.15, 0.2) is 72.8 Å². The van der Waals surface area contributed by atoms with Crippen molar-refractivity contribution in [1.29, 1.82) is 0 Å². The third-order valence-electron chi connectivity index (χ3n) is 12.2. The summed E-state index contributed by atoms with van der Waals surface area (Å²) in [5, 5.41) is 17.4. The number of hydrogen-bond donors (Lipinski definition) is 5. The van der Waals surface area contributed by atoms with Gasteiger partial charge in [-0.25, -0.2) is 8.78 Å². The number of amides is 3. The molecule has 0 unspecified atom stereocenters. The largest absolute Gasteiger partial charge is 0.338 e. The number of fused-ring (bicyclic) bond motifs is 6. The van der Waals surface area contributed by atoms with Gasteiger partial charge in [0.25, 0.3) is 0 Å². The summed E-state index contributed by atoms with van der Waals surface area (Å²) in [7, 11) is 0. The summed E-state index contributed by atoms with van der Waals surface area (Å²) >= 11 is 24.4. The summed E-state index contributed by atoms with van der Waals surface area (Å²) in [5.74, 6) is -2.65. The van der Waals surface area contributed by atoms with Gasteiger partial charge in [-0.3, -0.25) is 25.0 Å². The van der Waals surface area contributed by atoms with E-state index in [4.69, 9.17) is 46.4 Å². The monoisotopic (exact) mass is 856 g/mol. The molecule has 8 atom stereocenters. The summed E-state index contributed by atoms with van der Waals surface area (Å²) in [4.78, 5) is 40.6. The van der Waals surface area contributed by atoms with Gasteiger partial charge < -0.3 is 20.9 Å². The van der Waals surface area contributed by atoms with Gasteiger partial charge in [-0.1, -0.05) is 97.7 Å². The number of nitrogens with zero attached hydrogens (tertiary/aromatic N) is 1. The smallest absolute Gasteiger partial charge is 0.250 e. The van der Waals surface area contributed by atoms with Crippen molar-refractivity contribution >= 4 is 75.5 Å². The maximum atomic E-state index is 15.2. The Bertz CT molecular complexity index is 2320. The molecule has 0 radical (unpaired) electrons. The van der Waals surface area contributed by atoms with Gasteiger partial charge in [-0.2, -0.15) is 0 Å². The molecule has 57 heavy (non-hydrogen) atoms. The molecular formula is C42H42Cl4F2N6O3. The highest BCUT2D eigenvalue weighted by molar-refractivity contribution is 6.32. The molecule has 6 aliphatic heterocycles. The van der Waals surface area contributed by atoms with Gasteiger partial charge in [0.2, 0.25) is 17.7 Å². The standard InChI is InChI=1S/C21H18Cl2FN3O2.C19H16Cl2FN3O.2CH4/c1-10(28)27-8-7-15-19(27)17(12-3-2-4-14(23)18(12)24)21(26-15)13-6-5-11(22)9-16(13)25-20(21)29;20-9-4-5-11-14(8-9)24-18(26)19(11)15(17-13(25-19)6-7-23-17)10-2-1-3-12(21)16(10)22;;/h2-6,9,15,17,19,26H,7-8H2,1H3,(H,25,29);1-5,8,13,15,17,23,25H,6-7H2,(H,24,26);2*1H4/t15-,17-,19+,21+;13-,15-,17+,19+;;/m00../s1. The fourth-order valence-corrected chi connectivity index (χ4v) is 10.9. The van der Waals surface area contributed by atoms with E-state index in [0.717, 1.165) is 18.5 Å². The first kappa shape index (κ1) is 41.4. The Kier molecular flexibility index (Phi) is 10.9. The molecule has 9 nitrogen and oxygen atoms in total. The van der Waals surface area contributed by atoms with E-state index in [1.807, 2.05) is 6.07 Å². The Hall–Kier alpha value is -3.81. The maximum Gasteiger partial charge on any atom is 0.250 e. The molecule has 6 aliphatic rings. The fraction of sp³-hybridized carbons (Fsp3) is 0.357. The molecule has 15 heteroatoms. The number of anilines is 2. The second-order valence-corrected chi connectivity index (χ2v) is 16.6. The number of benzene rings is 4. The van der Waals surface area contributed by atoms with Gasteiger partial charge in [0.1, 0.15) is 22.7 Å². The molecule has 300 valence electrons. The molecule has 5 N–H and O–H groups in total. The number of likely N-dealkylation sites (tertiary alicyclic amines) is 1. The molecule has 4 aromatic carbocycles. The number of halogens is 6. The second kappa shape index (κ2) is 15.1. The average molecular weight is 859 g/mol. The van der Waals surface area contributed by atoms with Crippen molar-refractivity contribution in [1.82, 2.24) is 20.9 Å². The van der Waals surface area contributed by atoms with Crippen molar-refractivity contribution in [2.45, 2.75) is 81.7 Å². The van der Waals surface area contributed by atoms with E-state index in [1.165, 1.54) is 19.1 Å². The molecular weight excluding hydrogens is 816 g/mol. The van der Waals surface area contributed by atoms with Gasteiger partial charge >= 0.3 is 0 Å². The van der Waals surface area contributed by atoms with Crippen molar-refractivity contribution in [3.8, 4) is 0 Å². The van der Waals surface area contributed by atoms with E-state index in [0.29, 0.717) is 51.1 Å². The molecule has 3 amide bonds. The first-order valence-corrected chi connectivity index (χ1v) is 19.5. The second-order valence-electron chi connectivity index (χ2n) is 14.9. The minimum Gasteiger partial charge on any atom is -0.338 e. The van der Waals surface area contributed by atoms with Crippen LogP contribution in [0, 0.1) is 11.6 Å². The fourth-order valence-electron chi connectivity index (χ4n) is 10.2. The minimum absolute atomic E-state index is 0. The van der Waals surface area contributed by atoms with Crippen LogP contribution in [0.4, 0.5) is 20.2 Å². The Morgan fingerprint density at radius 2 is 1.23 bits per heavy atom. The van der Waals surface area contributed by atoms with Gasteiger partial charge in [0, 0.05) is 76.0 Å². The van der Waals surface area contributed by atoms with Gasteiger partial charge in [-0.15, -0.1) is 0 Å². The Balaban J connectivity index is 0.000000169. The molecule has 0 aliphatic carbocycles. The van der Waals surface area contributed by atoms with Gasteiger partial charge in [-0.05, 0) is 66.9 Å². The quantitative estimate of drug-likeness (QED) is 0.139. The van der Waals surface area contributed by atoms with Crippen molar-refractivity contribution in [2.24, 2.45) is 0 Å². The Morgan fingerprint density at radius 1 is 0.719 bits per heavy atom. The number of nitrogens with one attached hydrogen (secondary N) is 5. The lowest BCUT2D eigenvalue weighted by Gasteiger charge is -2.36. The van der Waals surface area contributed by atoms with E-state index in [-0.39, 0.29) is 66.8 Å². The molecule has 0 aromatic heterocycles. The number of carbonyl (C=O) groups excluding carboxylic acids is 3. The van der Waals surface area contributed by atoms with Crippen molar-refractivity contribution < 1.29 is 23.2 Å². The van der Waals surface area contributed by atoms with Gasteiger partial charge in [0.15, 0.2) is 0 Å². The summed E-state index contributed by atoms with van der Waals surface area (Å²) in [6, 6.07) is 19.8. The van der Waals surface area contributed by atoms with Crippen LogP contribution in [0.1, 0.15) is 68.7 Å². The Morgan fingerprint density at radius 3 is 1.77 bits per heavy atom. The van der Waals surface area contributed by atoms with Crippen LogP contribution in [0.2, 0.25) is 20.1 Å². The first-order chi connectivity index (χ1) is 26.4. The number of hydrogen-bond acceptors (Lipinski definition) is 6. The molecule has 4 fully saturated rings. The summed E-state index contributed by atoms with van der Waals surface area (Å²) in [5.41, 5.74) is 1.28. The van der Waals surface area contributed by atoms with Crippen LogP contribution in [-0.2, 0) is 25.5 Å². The molecule has 4 aromatic rings. The minimum atomic E-state index is -1.21.